The number of hydrogen-bond acceptors (Lipinski definition) is 1. The second-order valence-corrected chi connectivity index (χ2v) is 5.25. The summed E-state index contributed by atoms with van der Waals surface area (Å²) in [5.41, 5.74) is 1.09. The molecule has 0 aliphatic heterocycles. The van der Waals surface area contributed by atoms with E-state index in [9.17, 15) is 18.0 Å². The molecule has 0 atom stereocenters. The zero-order chi connectivity index (χ0) is 16.7. The van der Waals surface area contributed by atoms with Crippen molar-refractivity contribution in [2.75, 3.05) is 0 Å². The van der Waals surface area contributed by atoms with Crippen LogP contribution in [0.2, 0.25) is 0 Å². The maximum Gasteiger partial charge on any atom is 0.416 e. The lowest BCUT2D eigenvalue weighted by atomic mass is 10.1. The van der Waals surface area contributed by atoms with Gasteiger partial charge in [-0.1, -0.05) is 54.6 Å². The third kappa shape index (κ3) is 5.74. The van der Waals surface area contributed by atoms with Crippen LogP contribution in [0, 0.1) is 0 Å². The van der Waals surface area contributed by atoms with Crippen LogP contribution in [0.3, 0.4) is 0 Å². The molecule has 2 rings (SSSR count). The van der Waals surface area contributed by atoms with Gasteiger partial charge in [-0.2, -0.15) is 13.2 Å². The van der Waals surface area contributed by atoms with Crippen LogP contribution in [0.1, 0.15) is 29.5 Å². The van der Waals surface area contributed by atoms with E-state index in [1.54, 1.807) is 12.2 Å². The van der Waals surface area contributed by atoms with Crippen molar-refractivity contribution in [2.24, 2.45) is 0 Å². The van der Waals surface area contributed by atoms with Crippen molar-refractivity contribution in [2.45, 2.75) is 25.4 Å². The summed E-state index contributed by atoms with van der Waals surface area (Å²) in [6.07, 6.45) is 0.481. The molecule has 0 N–H and O–H groups in total. The summed E-state index contributed by atoms with van der Waals surface area (Å²) in [6, 6.07) is 14.6. The number of benzene rings is 2. The summed E-state index contributed by atoms with van der Waals surface area (Å²) >= 11 is 0. The lowest BCUT2D eigenvalue weighted by Gasteiger charge is -2.05. The van der Waals surface area contributed by atoms with E-state index in [-0.39, 0.29) is 12.2 Å². The zero-order valence-electron chi connectivity index (χ0n) is 12.5. The van der Waals surface area contributed by atoms with Crippen LogP contribution in [0.25, 0.3) is 6.08 Å². The summed E-state index contributed by atoms with van der Waals surface area (Å²) in [5.74, 6) is 0.108. The minimum Gasteiger partial charge on any atom is -0.299 e. The highest BCUT2D eigenvalue weighted by Crippen LogP contribution is 2.29. The molecule has 0 heterocycles. The fourth-order valence-electron chi connectivity index (χ4n) is 2.14. The summed E-state index contributed by atoms with van der Waals surface area (Å²) in [6.45, 7) is 0. The monoisotopic (exact) mass is 318 g/mol. The van der Waals surface area contributed by atoms with Crippen molar-refractivity contribution >= 4 is 11.9 Å². The van der Waals surface area contributed by atoms with Gasteiger partial charge in [-0.3, -0.25) is 4.79 Å². The highest BCUT2D eigenvalue weighted by atomic mass is 19.4. The van der Waals surface area contributed by atoms with Crippen LogP contribution >= 0.6 is 0 Å². The van der Waals surface area contributed by atoms with Gasteiger partial charge in [-0.15, -0.1) is 0 Å². The molecule has 0 spiro atoms. The number of alkyl halides is 3. The third-order valence-corrected chi connectivity index (χ3v) is 3.43. The van der Waals surface area contributed by atoms with Crippen LogP contribution < -0.4 is 0 Å². The number of carbonyl (C=O) groups is 1. The molecule has 0 aliphatic rings. The Morgan fingerprint density at radius 3 is 2.22 bits per heavy atom. The quantitative estimate of drug-likeness (QED) is 0.705. The normalized spacial score (nSPS) is 11.8. The van der Waals surface area contributed by atoms with Crippen molar-refractivity contribution in [3.05, 3.63) is 77.4 Å². The molecule has 0 unspecified atom stereocenters. The number of ketones is 1. The Morgan fingerprint density at radius 1 is 0.957 bits per heavy atom. The molecule has 0 saturated carbocycles. The van der Waals surface area contributed by atoms with Crippen molar-refractivity contribution in [3.63, 3.8) is 0 Å². The van der Waals surface area contributed by atoms with Crippen LogP contribution in [0.4, 0.5) is 13.2 Å². The van der Waals surface area contributed by atoms with Crippen LogP contribution in [0.15, 0.2) is 60.7 Å². The molecule has 23 heavy (non-hydrogen) atoms. The molecule has 0 radical (unpaired) electrons. The lowest BCUT2D eigenvalue weighted by Crippen LogP contribution is -2.03. The maximum absolute atomic E-state index is 12.4. The predicted octanol–water partition coefficient (Wildman–Crippen LogP) is 5.31. The summed E-state index contributed by atoms with van der Waals surface area (Å²) in [4.78, 5) is 11.8. The van der Waals surface area contributed by atoms with Crippen molar-refractivity contribution < 1.29 is 18.0 Å². The van der Waals surface area contributed by atoms with E-state index >= 15 is 0 Å². The van der Waals surface area contributed by atoms with Gasteiger partial charge >= 0.3 is 6.18 Å². The zero-order valence-corrected chi connectivity index (χ0v) is 12.5. The first-order chi connectivity index (χ1) is 10.9. The van der Waals surface area contributed by atoms with Gasteiger partial charge in [0.15, 0.2) is 0 Å². The summed E-state index contributed by atoms with van der Waals surface area (Å²) < 4.78 is 37.3. The first-order valence-corrected chi connectivity index (χ1v) is 7.34. The molecule has 0 bridgehead atoms. The van der Waals surface area contributed by atoms with Crippen molar-refractivity contribution in [1.82, 2.24) is 0 Å². The number of hydrogen-bond donors (Lipinski definition) is 0. The molecule has 1 nitrogen and oxygen atoms in total. The van der Waals surface area contributed by atoms with E-state index in [0.717, 1.165) is 17.7 Å². The lowest BCUT2D eigenvalue weighted by molar-refractivity contribution is -0.137. The largest absolute Gasteiger partial charge is 0.416 e. The Labute approximate surface area is 133 Å². The van der Waals surface area contributed by atoms with Gasteiger partial charge in [0.05, 0.1) is 5.56 Å². The average Bonchev–Trinajstić information content (AvgIpc) is 2.53. The molecule has 0 fully saturated rings. The van der Waals surface area contributed by atoms with Crippen molar-refractivity contribution in [3.8, 4) is 0 Å². The van der Waals surface area contributed by atoms with E-state index in [0.29, 0.717) is 18.4 Å². The molecular formula is C19H17F3O. The minimum absolute atomic E-state index is 0.108. The van der Waals surface area contributed by atoms with Gasteiger partial charge in [0.25, 0.3) is 0 Å². The molecule has 0 saturated heterocycles. The molecule has 0 aromatic heterocycles. The molecule has 0 aliphatic carbocycles. The van der Waals surface area contributed by atoms with E-state index in [2.05, 4.69) is 0 Å². The second kappa shape index (κ2) is 7.77. The number of halogens is 3. The number of carbonyl (C=O) groups excluding carboxylic acids is 1. The Hall–Kier alpha value is -2.36. The number of Topliss-reactive ketones (excluding diaryl/α,β-unsaturated/α-hetero) is 1. The van der Waals surface area contributed by atoms with E-state index in [1.807, 2.05) is 30.3 Å². The van der Waals surface area contributed by atoms with Crippen LogP contribution in [-0.4, -0.2) is 5.78 Å². The Balaban J connectivity index is 1.80. The fourth-order valence-corrected chi connectivity index (χ4v) is 2.14. The van der Waals surface area contributed by atoms with Gasteiger partial charge in [0.1, 0.15) is 5.78 Å². The molecule has 120 valence electrons. The summed E-state index contributed by atoms with van der Waals surface area (Å²) in [7, 11) is 0. The molecule has 0 amide bonds. The van der Waals surface area contributed by atoms with Gasteiger partial charge in [-0.25, -0.2) is 0 Å². The maximum atomic E-state index is 12.4. The van der Waals surface area contributed by atoms with E-state index in [1.165, 1.54) is 12.1 Å². The molecule has 2 aromatic rings. The highest BCUT2D eigenvalue weighted by Gasteiger charge is 2.29. The van der Waals surface area contributed by atoms with Crippen LogP contribution in [-0.2, 0) is 17.4 Å². The highest BCUT2D eigenvalue weighted by molar-refractivity contribution is 5.81. The van der Waals surface area contributed by atoms with Crippen molar-refractivity contribution in [1.29, 1.82) is 0 Å². The van der Waals surface area contributed by atoms with Gasteiger partial charge in [0, 0.05) is 12.8 Å². The molecular weight excluding hydrogens is 301 g/mol. The summed E-state index contributed by atoms with van der Waals surface area (Å²) in [5, 5.41) is 0. The number of rotatable bonds is 6. The second-order valence-electron chi connectivity index (χ2n) is 5.25. The SMILES string of the molecule is O=C(C/C=C/c1ccc(C(F)(F)F)cc1)CCc1ccccc1. The van der Waals surface area contributed by atoms with Gasteiger partial charge < -0.3 is 0 Å². The Kier molecular flexibility index (Phi) is 5.74. The van der Waals surface area contributed by atoms with Crippen LogP contribution in [0.5, 0.6) is 0 Å². The Bertz CT molecular complexity index is 655. The average molecular weight is 318 g/mol. The van der Waals surface area contributed by atoms with E-state index in [4.69, 9.17) is 0 Å². The van der Waals surface area contributed by atoms with E-state index < -0.39 is 11.7 Å². The number of allylic oxidation sites excluding steroid dienone is 1. The smallest absolute Gasteiger partial charge is 0.299 e. The first kappa shape index (κ1) is 17.0. The minimum atomic E-state index is -4.32. The standard InChI is InChI=1S/C19H17F3O/c20-19(21,22)17-12-9-16(10-13-17)7-4-8-18(23)14-11-15-5-2-1-3-6-15/h1-7,9-10,12-13H,8,11,14H2/b7-4+. The third-order valence-electron chi connectivity index (χ3n) is 3.43. The molecule has 4 heteroatoms. The fraction of sp³-hybridized carbons (Fsp3) is 0.211. The van der Waals surface area contributed by atoms with Gasteiger partial charge in [-0.05, 0) is 29.7 Å². The predicted molar refractivity (Wildman–Crippen MR) is 84.9 cm³/mol. The molecule has 2 aromatic carbocycles. The van der Waals surface area contributed by atoms with Gasteiger partial charge in [0.2, 0.25) is 0 Å². The first-order valence-electron chi connectivity index (χ1n) is 7.34. The topological polar surface area (TPSA) is 17.1 Å². The Morgan fingerprint density at radius 2 is 1.61 bits per heavy atom. The number of aryl methyl sites for hydroxylation is 1.